The van der Waals surface area contributed by atoms with Crippen LogP contribution in [0.2, 0.25) is 0 Å². The lowest BCUT2D eigenvalue weighted by Crippen LogP contribution is -2.51. The van der Waals surface area contributed by atoms with Crippen LogP contribution in [0, 0.1) is 6.92 Å². The molecule has 38 heavy (non-hydrogen) atoms. The first-order valence-corrected chi connectivity index (χ1v) is 12.7. The summed E-state index contributed by atoms with van der Waals surface area (Å²) in [4.78, 5) is 26.7. The van der Waals surface area contributed by atoms with Crippen molar-refractivity contribution < 1.29 is 14.6 Å². The van der Waals surface area contributed by atoms with Crippen LogP contribution in [0.3, 0.4) is 0 Å². The molecule has 0 bridgehead atoms. The van der Waals surface area contributed by atoms with Gasteiger partial charge in [-0.2, -0.15) is 0 Å². The first-order chi connectivity index (χ1) is 18.2. The second-order valence-electron chi connectivity index (χ2n) is 10.3. The molecule has 0 radical (unpaired) electrons. The van der Waals surface area contributed by atoms with E-state index in [1.807, 2.05) is 105 Å². The van der Waals surface area contributed by atoms with E-state index in [4.69, 9.17) is 9.47 Å². The molecule has 0 amide bonds. The third kappa shape index (κ3) is 4.65. The van der Waals surface area contributed by atoms with Crippen LogP contribution in [0.5, 0.6) is 0 Å². The van der Waals surface area contributed by atoms with Crippen molar-refractivity contribution in [2.75, 3.05) is 0 Å². The molecule has 1 fully saturated rings. The van der Waals surface area contributed by atoms with E-state index in [1.165, 1.54) is 10.8 Å². The van der Waals surface area contributed by atoms with Crippen LogP contribution in [0.25, 0.3) is 0 Å². The van der Waals surface area contributed by atoms with Crippen LogP contribution in [-0.4, -0.2) is 32.5 Å². The Balaban J connectivity index is 1.59. The second kappa shape index (κ2) is 10.2. The molecule has 5 rings (SSSR count). The van der Waals surface area contributed by atoms with Crippen LogP contribution in [0.1, 0.15) is 48.8 Å². The minimum Gasteiger partial charge on any atom is -0.390 e. The highest BCUT2D eigenvalue weighted by Gasteiger charge is 2.50. The standard InChI is InChI=1S/C31H32N2O5/c1-21-20-33(29(36)32-28(21)35)26-19-25(34)27(37-26)30(2,3)38-31(22-13-7-4-8-14-22,23-15-9-5-10-16-23)24-17-11-6-12-18-24/h4-18,20,25-27,34H,19H2,1-3H3,(H,32,35,36)/t25-,26+,27-/m0/s1. The van der Waals surface area contributed by atoms with E-state index >= 15 is 0 Å². The number of benzene rings is 3. The number of ether oxygens (including phenoxy) is 2. The van der Waals surface area contributed by atoms with Gasteiger partial charge in [-0.05, 0) is 37.5 Å². The second-order valence-corrected chi connectivity index (χ2v) is 10.3. The monoisotopic (exact) mass is 512 g/mol. The van der Waals surface area contributed by atoms with E-state index in [0.717, 1.165) is 16.7 Å². The third-order valence-corrected chi connectivity index (χ3v) is 7.19. The van der Waals surface area contributed by atoms with Gasteiger partial charge in [0.25, 0.3) is 5.56 Å². The van der Waals surface area contributed by atoms with Crippen molar-refractivity contribution in [2.24, 2.45) is 0 Å². The van der Waals surface area contributed by atoms with Gasteiger partial charge in [-0.15, -0.1) is 0 Å². The largest absolute Gasteiger partial charge is 0.390 e. The van der Waals surface area contributed by atoms with Crippen molar-refractivity contribution in [1.82, 2.24) is 9.55 Å². The summed E-state index contributed by atoms with van der Waals surface area (Å²) in [6.07, 6.45) is -0.772. The lowest BCUT2D eigenvalue weighted by atomic mass is 9.79. The summed E-state index contributed by atoms with van der Waals surface area (Å²) in [5, 5.41) is 11.2. The summed E-state index contributed by atoms with van der Waals surface area (Å²) in [6.45, 7) is 5.42. The fraction of sp³-hybridized carbons (Fsp3) is 0.290. The lowest BCUT2D eigenvalue weighted by Gasteiger charge is -2.45. The molecule has 3 atom stereocenters. The number of nitrogens with zero attached hydrogens (tertiary/aromatic N) is 1. The molecule has 4 aromatic rings. The lowest BCUT2D eigenvalue weighted by molar-refractivity contribution is -0.191. The molecule has 2 N–H and O–H groups in total. The number of aromatic nitrogens is 2. The zero-order chi connectivity index (χ0) is 26.9. The van der Waals surface area contributed by atoms with Crippen LogP contribution in [-0.2, 0) is 15.1 Å². The van der Waals surface area contributed by atoms with E-state index in [2.05, 4.69) is 4.98 Å². The van der Waals surface area contributed by atoms with Crippen LogP contribution < -0.4 is 11.2 Å². The zero-order valence-corrected chi connectivity index (χ0v) is 21.7. The first kappa shape index (κ1) is 25.9. The molecular formula is C31H32N2O5. The van der Waals surface area contributed by atoms with Crippen LogP contribution in [0.15, 0.2) is 107 Å². The molecular weight excluding hydrogens is 480 g/mol. The highest BCUT2D eigenvalue weighted by molar-refractivity contribution is 5.47. The smallest absolute Gasteiger partial charge is 0.330 e. The van der Waals surface area contributed by atoms with Crippen molar-refractivity contribution in [3.8, 4) is 0 Å². The molecule has 1 aliphatic heterocycles. The van der Waals surface area contributed by atoms with E-state index in [9.17, 15) is 14.7 Å². The van der Waals surface area contributed by atoms with Crippen molar-refractivity contribution in [2.45, 2.75) is 56.8 Å². The maximum Gasteiger partial charge on any atom is 0.330 e. The van der Waals surface area contributed by atoms with Crippen LogP contribution >= 0.6 is 0 Å². The molecule has 2 heterocycles. The molecule has 7 nitrogen and oxygen atoms in total. The van der Waals surface area contributed by atoms with Gasteiger partial charge in [0.05, 0.1) is 11.7 Å². The molecule has 0 aliphatic carbocycles. The fourth-order valence-electron chi connectivity index (χ4n) is 5.40. The van der Waals surface area contributed by atoms with Crippen molar-refractivity contribution in [3.63, 3.8) is 0 Å². The SMILES string of the molecule is Cc1cn([C@H]2C[C@H](O)[C@@H](C(C)(C)OC(c3ccccc3)(c3ccccc3)c3ccccc3)O2)c(=O)[nH]c1=O. The van der Waals surface area contributed by atoms with Gasteiger partial charge >= 0.3 is 5.69 Å². The van der Waals surface area contributed by atoms with Gasteiger partial charge in [-0.3, -0.25) is 14.3 Å². The maximum absolute atomic E-state index is 12.5. The summed E-state index contributed by atoms with van der Waals surface area (Å²) in [6, 6.07) is 30.0. The molecule has 1 saturated heterocycles. The molecule has 3 aromatic carbocycles. The summed E-state index contributed by atoms with van der Waals surface area (Å²) in [5.41, 5.74) is 0.132. The van der Waals surface area contributed by atoms with Gasteiger partial charge in [0.15, 0.2) is 0 Å². The Morgan fingerprint density at radius 1 is 0.868 bits per heavy atom. The molecule has 196 valence electrons. The number of aliphatic hydroxyl groups excluding tert-OH is 1. The van der Waals surface area contributed by atoms with Gasteiger partial charge < -0.3 is 14.6 Å². The van der Waals surface area contributed by atoms with Gasteiger partial charge in [0.2, 0.25) is 0 Å². The fourth-order valence-corrected chi connectivity index (χ4v) is 5.40. The highest BCUT2D eigenvalue weighted by atomic mass is 16.6. The number of H-pyrrole nitrogens is 1. The predicted molar refractivity (Wildman–Crippen MR) is 145 cm³/mol. The minimum atomic E-state index is -1.02. The molecule has 1 aliphatic rings. The highest BCUT2D eigenvalue weighted by Crippen LogP contribution is 2.46. The normalized spacial score (nSPS) is 19.9. The van der Waals surface area contributed by atoms with E-state index < -0.39 is 40.9 Å². The Kier molecular flexibility index (Phi) is 6.92. The van der Waals surface area contributed by atoms with E-state index in [1.54, 1.807) is 6.92 Å². The Labute approximate surface area is 221 Å². The Hall–Kier alpha value is -3.78. The molecule has 0 spiro atoms. The van der Waals surface area contributed by atoms with Gasteiger partial charge in [-0.25, -0.2) is 4.79 Å². The predicted octanol–water partition coefficient (Wildman–Crippen LogP) is 4.28. The van der Waals surface area contributed by atoms with Gasteiger partial charge in [0.1, 0.15) is 17.9 Å². The maximum atomic E-state index is 12.5. The quantitative estimate of drug-likeness (QED) is 0.361. The average molecular weight is 513 g/mol. The van der Waals surface area contributed by atoms with E-state index in [0.29, 0.717) is 5.56 Å². The number of aliphatic hydroxyl groups is 1. The summed E-state index contributed by atoms with van der Waals surface area (Å²) < 4.78 is 14.8. The average Bonchev–Trinajstić information content (AvgIpc) is 3.33. The Morgan fingerprint density at radius 2 is 1.34 bits per heavy atom. The number of aryl methyl sites for hydroxylation is 1. The number of hydrogen-bond acceptors (Lipinski definition) is 5. The summed E-state index contributed by atoms with van der Waals surface area (Å²) in [7, 11) is 0. The zero-order valence-electron chi connectivity index (χ0n) is 21.7. The molecule has 0 unspecified atom stereocenters. The minimum absolute atomic E-state index is 0.178. The van der Waals surface area contributed by atoms with Gasteiger partial charge in [0, 0.05) is 18.2 Å². The number of rotatable bonds is 7. The van der Waals surface area contributed by atoms with Gasteiger partial charge in [-0.1, -0.05) is 91.0 Å². The third-order valence-electron chi connectivity index (χ3n) is 7.19. The topological polar surface area (TPSA) is 93.6 Å². The van der Waals surface area contributed by atoms with Crippen molar-refractivity contribution in [3.05, 3.63) is 140 Å². The van der Waals surface area contributed by atoms with E-state index in [-0.39, 0.29) is 6.42 Å². The van der Waals surface area contributed by atoms with Crippen LogP contribution in [0.4, 0.5) is 0 Å². The number of aromatic amines is 1. The molecule has 7 heteroatoms. The first-order valence-electron chi connectivity index (χ1n) is 12.7. The van der Waals surface area contributed by atoms with Crippen molar-refractivity contribution >= 4 is 0 Å². The Bertz CT molecular complexity index is 1400. The number of hydrogen-bond donors (Lipinski definition) is 2. The number of nitrogens with one attached hydrogen (secondary N) is 1. The molecule has 1 aromatic heterocycles. The Morgan fingerprint density at radius 3 is 1.82 bits per heavy atom. The summed E-state index contributed by atoms with van der Waals surface area (Å²) >= 11 is 0. The summed E-state index contributed by atoms with van der Waals surface area (Å²) in [5.74, 6) is 0. The van der Waals surface area contributed by atoms with Crippen molar-refractivity contribution in [1.29, 1.82) is 0 Å². The molecule has 0 saturated carbocycles.